The van der Waals surface area contributed by atoms with E-state index in [0.717, 1.165) is 30.8 Å². The van der Waals surface area contributed by atoms with Gasteiger partial charge in [0.1, 0.15) is 17.1 Å². The molecule has 1 aliphatic carbocycles. The number of allylic oxidation sites excluding steroid dienone is 2. The lowest BCUT2D eigenvalue weighted by Crippen LogP contribution is -2.59. The van der Waals surface area contributed by atoms with Crippen molar-refractivity contribution in [2.75, 3.05) is 25.0 Å². The van der Waals surface area contributed by atoms with Gasteiger partial charge in [0.2, 0.25) is 5.91 Å². The first kappa shape index (κ1) is 21.3. The number of hydrogen-bond acceptors (Lipinski definition) is 6. The molecule has 2 amide bonds. The molecule has 3 atom stereocenters. The molecule has 8 nitrogen and oxygen atoms in total. The second kappa shape index (κ2) is 8.30. The van der Waals surface area contributed by atoms with Crippen LogP contribution in [0.4, 0.5) is 10.1 Å². The maximum Gasteiger partial charge on any atom is 0.267 e. The van der Waals surface area contributed by atoms with Gasteiger partial charge in [0.25, 0.3) is 5.91 Å². The van der Waals surface area contributed by atoms with Crippen LogP contribution in [0.5, 0.6) is 0 Å². The number of rotatable bonds is 6. The number of halogens is 1. The zero-order chi connectivity index (χ0) is 22.2. The van der Waals surface area contributed by atoms with E-state index in [1.807, 2.05) is 13.8 Å². The standard InChI is InChI=1S/C22H29FN6O2/c1-3-25-18-10-13(23)9-16-19(18)28-21(31)22(16,2)29-8-4-5-15(12-29)27-14-6-7-17(20(24)30)26-11-14/h6-7,10-11,15-16,25,27H,3-5,8-9,12H2,1-2H3,(H2,24,30)(H,28,31)/t15-,16?,22?/m1/s1. The number of nitrogens with one attached hydrogen (secondary N) is 3. The van der Waals surface area contributed by atoms with E-state index in [1.54, 1.807) is 18.3 Å². The van der Waals surface area contributed by atoms with Gasteiger partial charge < -0.3 is 21.7 Å². The molecule has 0 spiro atoms. The molecule has 0 bridgehead atoms. The summed E-state index contributed by atoms with van der Waals surface area (Å²) in [5, 5.41) is 9.66. The third-order valence-electron chi connectivity index (χ3n) is 6.56. The lowest BCUT2D eigenvalue weighted by atomic mass is 9.78. The topological polar surface area (TPSA) is 112 Å². The maximum atomic E-state index is 14.5. The third kappa shape index (κ3) is 3.89. The van der Waals surface area contributed by atoms with E-state index in [1.165, 1.54) is 6.08 Å². The molecule has 0 aromatic carbocycles. The molecule has 31 heavy (non-hydrogen) atoms. The van der Waals surface area contributed by atoms with Crippen LogP contribution in [0.1, 0.15) is 43.6 Å². The minimum absolute atomic E-state index is 0.0841. The van der Waals surface area contributed by atoms with Crippen LogP contribution in [0.3, 0.4) is 0 Å². The largest absolute Gasteiger partial charge is 0.384 e. The molecule has 1 aromatic heterocycles. The summed E-state index contributed by atoms with van der Waals surface area (Å²) in [6, 6.07) is 3.47. The van der Waals surface area contributed by atoms with Crippen LogP contribution in [0, 0.1) is 5.92 Å². The Hall–Kier alpha value is -2.94. The lowest BCUT2D eigenvalue weighted by molar-refractivity contribution is -0.131. The van der Waals surface area contributed by atoms with Crippen LogP contribution in [0.15, 0.2) is 41.6 Å². The fourth-order valence-electron chi connectivity index (χ4n) is 4.90. The first-order valence-corrected chi connectivity index (χ1v) is 10.8. The van der Waals surface area contributed by atoms with Crippen molar-refractivity contribution in [1.82, 2.24) is 20.5 Å². The quantitative estimate of drug-likeness (QED) is 0.548. The van der Waals surface area contributed by atoms with Gasteiger partial charge in [-0.1, -0.05) is 0 Å². The molecule has 1 aromatic rings. The van der Waals surface area contributed by atoms with Crippen molar-refractivity contribution in [2.45, 2.75) is 44.7 Å². The van der Waals surface area contributed by atoms with Crippen molar-refractivity contribution in [3.05, 3.63) is 47.3 Å². The van der Waals surface area contributed by atoms with Crippen LogP contribution >= 0.6 is 0 Å². The third-order valence-corrected chi connectivity index (χ3v) is 6.56. The lowest BCUT2D eigenvalue weighted by Gasteiger charge is -2.45. The average molecular weight is 429 g/mol. The maximum absolute atomic E-state index is 14.5. The Balaban J connectivity index is 1.52. The second-order valence-corrected chi connectivity index (χ2v) is 8.53. The van der Waals surface area contributed by atoms with E-state index in [9.17, 15) is 14.0 Å². The van der Waals surface area contributed by atoms with Gasteiger partial charge in [-0.2, -0.15) is 0 Å². The molecule has 0 radical (unpaired) electrons. The van der Waals surface area contributed by atoms with Crippen molar-refractivity contribution in [3.8, 4) is 0 Å². The van der Waals surface area contributed by atoms with E-state index in [4.69, 9.17) is 5.73 Å². The number of hydrogen-bond donors (Lipinski definition) is 4. The highest BCUT2D eigenvalue weighted by Gasteiger charge is 2.55. The van der Waals surface area contributed by atoms with Crippen molar-refractivity contribution < 1.29 is 14.0 Å². The predicted octanol–water partition coefficient (Wildman–Crippen LogP) is 1.64. The Bertz CT molecular complexity index is 944. The first-order chi connectivity index (χ1) is 14.8. The van der Waals surface area contributed by atoms with Gasteiger partial charge in [-0.05, 0) is 51.4 Å². The van der Waals surface area contributed by atoms with Crippen LogP contribution in [0.25, 0.3) is 0 Å². The fraction of sp³-hybridized carbons (Fsp3) is 0.500. The molecule has 2 aliphatic heterocycles. The average Bonchev–Trinajstić information content (AvgIpc) is 3.00. The van der Waals surface area contributed by atoms with Crippen molar-refractivity contribution in [3.63, 3.8) is 0 Å². The highest BCUT2D eigenvalue weighted by molar-refractivity contribution is 5.92. The highest BCUT2D eigenvalue weighted by atomic mass is 19.1. The van der Waals surface area contributed by atoms with Crippen molar-refractivity contribution in [2.24, 2.45) is 11.7 Å². The van der Waals surface area contributed by atoms with Crippen LogP contribution < -0.4 is 21.7 Å². The number of likely N-dealkylation sites (N-methyl/N-ethyl adjacent to an activating group) is 1. The zero-order valence-electron chi connectivity index (χ0n) is 17.9. The Kier molecular flexibility index (Phi) is 5.70. The number of carbonyl (C=O) groups excluding carboxylic acids is 2. The van der Waals surface area contributed by atoms with Gasteiger partial charge in [-0.25, -0.2) is 9.37 Å². The molecule has 2 unspecified atom stereocenters. The summed E-state index contributed by atoms with van der Waals surface area (Å²) >= 11 is 0. The Morgan fingerprint density at radius 2 is 2.26 bits per heavy atom. The van der Waals surface area contributed by atoms with E-state index in [2.05, 4.69) is 25.8 Å². The van der Waals surface area contributed by atoms with Gasteiger partial charge in [0, 0.05) is 37.2 Å². The fourth-order valence-corrected chi connectivity index (χ4v) is 4.90. The van der Waals surface area contributed by atoms with Crippen LogP contribution in [-0.4, -0.2) is 52.9 Å². The number of likely N-dealkylation sites (tertiary alicyclic amines) is 1. The Morgan fingerprint density at radius 3 is 2.94 bits per heavy atom. The SMILES string of the molecule is CCNC1=C2NC(=O)C(C)(N3CCC[C@@H](Nc4ccc(C(N)=O)nc4)C3)C2CC(F)=C1. The van der Waals surface area contributed by atoms with Gasteiger partial charge in [0.05, 0.1) is 17.6 Å². The molecular formula is C22H29FN6O2. The normalized spacial score (nSPS) is 28.6. The molecule has 4 rings (SSSR count). The minimum atomic E-state index is -0.823. The number of pyridine rings is 1. The number of carbonyl (C=O) groups is 2. The highest BCUT2D eigenvalue weighted by Crippen LogP contribution is 2.44. The number of amides is 2. The summed E-state index contributed by atoms with van der Waals surface area (Å²) < 4.78 is 14.5. The molecule has 9 heteroatoms. The monoisotopic (exact) mass is 428 g/mol. The van der Waals surface area contributed by atoms with Crippen molar-refractivity contribution >= 4 is 17.5 Å². The summed E-state index contributed by atoms with van der Waals surface area (Å²) in [7, 11) is 0. The summed E-state index contributed by atoms with van der Waals surface area (Å²) in [6.45, 7) is 5.94. The number of piperidine rings is 1. The summed E-state index contributed by atoms with van der Waals surface area (Å²) in [4.78, 5) is 30.6. The minimum Gasteiger partial charge on any atom is -0.384 e. The number of primary amides is 1. The number of fused-ring (bicyclic) bond motifs is 1. The van der Waals surface area contributed by atoms with Gasteiger partial charge in [0.15, 0.2) is 0 Å². The molecule has 3 aliphatic rings. The number of anilines is 1. The van der Waals surface area contributed by atoms with Gasteiger partial charge >= 0.3 is 0 Å². The van der Waals surface area contributed by atoms with Crippen LogP contribution in [0.2, 0.25) is 0 Å². The van der Waals surface area contributed by atoms with E-state index in [0.29, 0.717) is 18.8 Å². The Morgan fingerprint density at radius 1 is 1.45 bits per heavy atom. The first-order valence-electron chi connectivity index (χ1n) is 10.8. The predicted molar refractivity (Wildman–Crippen MR) is 116 cm³/mol. The van der Waals surface area contributed by atoms with E-state index >= 15 is 0 Å². The van der Waals surface area contributed by atoms with Gasteiger partial charge in [-0.15, -0.1) is 0 Å². The molecule has 0 saturated carbocycles. The van der Waals surface area contributed by atoms with Crippen molar-refractivity contribution in [1.29, 1.82) is 0 Å². The van der Waals surface area contributed by atoms with E-state index < -0.39 is 11.4 Å². The summed E-state index contributed by atoms with van der Waals surface area (Å²) in [6.07, 6.45) is 5.15. The molecule has 5 N–H and O–H groups in total. The molecule has 3 heterocycles. The molecule has 2 saturated heterocycles. The summed E-state index contributed by atoms with van der Waals surface area (Å²) in [5.74, 6) is -1.11. The number of nitrogens with zero attached hydrogens (tertiary/aromatic N) is 2. The van der Waals surface area contributed by atoms with E-state index in [-0.39, 0.29) is 35.8 Å². The molecular weight excluding hydrogens is 399 g/mol. The summed E-state index contributed by atoms with van der Waals surface area (Å²) in [5.41, 5.74) is 6.89. The molecule has 2 fully saturated rings. The zero-order valence-corrected chi connectivity index (χ0v) is 17.9. The second-order valence-electron chi connectivity index (χ2n) is 8.53. The smallest absolute Gasteiger partial charge is 0.267 e. The number of nitrogens with two attached hydrogens (primary N) is 1. The van der Waals surface area contributed by atoms with Gasteiger partial charge in [-0.3, -0.25) is 14.5 Å². The molecule has 166 valence electrons. The van der Waals surface area contributed by atoms with Crippen LogP contribution in [-0.2, 0) is 4.79 Å². The Labute approximate surface area is 181 Å². The number of aromatic nitrogens is 1.